The van der Waals surface area contributed by atoms with Gasteiger partial charge in [0.1, 0.15) is 18.5 Å². The Hall–Kier alpha value is -2.61. The lowest BCUT2D eigenvalue weighted by molar-refractivity contribution is -0.134. The average molecular weight is 444 g/mol. The molecule has 3 amide bonds. The van der Waals surface area contributed by atoms with E-state index >= 15 is 0 Å². The number of carbonyl (C=O) groups excluding carboxylic acids is 3. The summed E-state index contributed by atoms with van der Waals surface area (Å²) in [5.74, 6) is 0.151. The number of rotatable bonds is 4. The van der Waals surface area contributed by atoms with Gasteiger partial charge in [-0.05, 0) is 43.9 Å². The Labute approximate surface area is 189 Å². The van der Waals surface area contributed by atoms with Crippen molar-refractivity contribution in [1.29, 1.82) is 0 Å². The highest BCUT2D eigenvalue weighted by Gasteiger charge is 2.39. The summed E-state index contributed by atoms with van der Waals surface area (Å²) in [6, 6.07) is 5.23. The predicted molar refractivity (Wildman–Crippen MR) is 120 cm³/mol. The fourth-order valence-corrected chi connectivity index (χ4v) is 5.05. The van der Waals surface area contributed by atoms with Gasteiger partial charge in [-0.3, -0.25) is 14.4 Å². The first kappa shape index (κ1) is 22.6. The molecule has 3 aliphatic rings. The molecule has 1 aromatic rings. The van der Waals surface area contributed by atoms with Crippen molar-refractivity contribution >= 4 is 23.4 Å². The van der Waals surface area contributed by atoms with Gasteiger partial charge in [-0.2, -0.15) is 0 Å². The second kappa shape index (κ2) is 9.90. The van der Waals surface area contributed by atoms with Gasteiger partial charge in [0.05, 0.1) is 24.1 Å². The molecule has 1 saturated carbocycles. The fourth-order valence-electron chi connectivity index (χ4n) is 5.05. The van der Waals surface area contributed by atoms with Crippen LogP contribution in [0.5, 0.6) is 5.75 Å². The number of fused-ring (bicyclic) bond motifs is 2. The van der Waals surface area contributed by atoms with E-state index < -0.39 is 0 Å². The van der Waals surface area contributed by atoms with Gasteiger partial charge in [0.2, 0.25) is 11.8 Å². The molecule has 32 heavy (non-hydrogen) atoms. The second-order valence-electron chi connectivity index (χ2n) is 9.17. The van der Waals surface area contributed by atoms with E-state index in [0.29, 0.717) is 36.1 Å². The van der Waals surface area contributed by atoms with Gasteiger partial charge in [-0.1, -0.05) is 19.3 Å². The Morgan fingerprint density at radius 2 is 1.91 bits per heavy atom. The fraction of sp³-hybridized carbons (Fsp3) is 0.625. The van der Waals surface area contributed by atoms with Gasteiger partial charge in [0, 0.05) is 25.7 Å². The molecule has 8 nitrogen and oxygen atoms in total. The van der Waals surface area contributed by atoms with Crippen LogP contribution in [0.3, 0.4) is 0 Å². The third kappa shape index (κ3) is 5.23. The smallest absolute Gasteiger partial charge is 0.257 e. The number of amides is 3. The second-order valence-corrected chi connectivity index (χ2v) is 9.17. The Morgan fingerprint density at radius 3 is 2.66 bits per heavy atom. The minimum atomic E-state index is -0.298. The zero-order valence-corrected chi connectivity index (χ0v) is 18.9. The van der Waals surface area contributed by atoms with Crippen LogP contribution in [0.2, 0.25) is 0 Å². The molecule has 0 unspecified atom stereocenters. The first-order valence-corrected chi connectivity index (χ1v) is 11.7. The van der Waals surface area contributed by atoms with Crippen LogP contribution < -0.4 is 15.4 Å². The lowest BCUT2D eigenvalue weighted by Crippen LogP contribution is -2.54. The van der Waals surface area contributed by atoms with E-state index in [1.807, 2.05) is 0 Å². The van der Waals surface area contributed by atoms with Gasteiger partial charge < -0.3 is 25.0 Å². The van der Waals surface area contributed by atoms with E-state index in [9.17, 15) is 14.4 Å². The topological polar surface area (TPSA) is 97.0 Å². The van der Waals surface area contributed by atoms with Crippen molar-refractivity contribution < 1.29 is 23.9 Å². The highest BCUT2D eigenvalue weighted by Crippen LogP contribution is 2.32. The molecule has 3 atom stereocenters. The molecule has 0 radical (unpaired) electrons. The maximum Gasteiger partial charge on any atom is 0.257 e. The first-order chi connectivity index (χ1) is 15.4. The van der Waals surface area contributed by atoms with Crippen molar-refractivity contribution in [3.63, 3.8) is 0 Å². The van der Waals surface area contributed by atoms with Crippen molar-refractivity contribution in [2.24, 2.45) is 0 Å². The maximum atomic E-state index is 13.2. The standard InChI is InChI=1S/C24H33N3O5/c1-15(28)25-17-8-11-21-19(12-17)24(30)27(2)20-10-9-18(32-22(20)14-31-21)13-23(29)26-16-6-4-3-5-7-16/h8,11-12,16,18,20,22H,3-7,9-10,13-14H2,1-2H3,(H,25,28)(H,26,29)/t18-,20-,22-/m1/s1. The third-order valence-corrected chi connectivity index (χ3v) is 6.72. The number of hydrogen-bond donors (Lipinski definition) is 2. The molecule has 2 fully saturated rings. The summed E-state index contributed by atoms with van der Waals surface area (Å²) in [5.41, 5.74) is 0.980. The van der Waals surface area contributed by atoms with Gasteiger partial charge in [-0.25, -0.2) is 0 Å². The highest BCUT2D eigenvalue weighted by molar-refractivity contribution is 5.99. The van der Waals surface area contributed by atoms with E-state index in [0.717, 1.165) is 25.7 Å². The molecule has 0 aromatic heterocycles. The monoisotopic (exact) mass is 443 g/mol. The summed E-state index contributed by atoms with van der Waals surface area (Å²) < 4.78 is 12.2. The Balaban J connectivity index is 1.40. The largest absolute Gasteiger partial charge is 0.490 e. The van der Waals surface area contributed by atoms with E-state index in [-0.39, 0.29) is 36.0 Å². The van der Waals surface area contributed by atoms with Crippen LogP contribution in [0.25, 0.3) is 0 Å². The van der Waals surface area contributed by atoms with Gasteiger partial charge in [-0.15, -0.1) is 0 Å². The number of ether oxygens (including phenoxy) is 2. The van der Waals surface area contributed by atoms with Gasteiger partial charge in [0.25, 0.3) is 5.91 Å². The molecule has 0 bridgehead atoms. The van der Waals surface area contributed by atoms with Crippen LogP contribution in [0.15, 0.2) is 18.2 Å². The SMILES string of the molecule is CC(=O)Nc1ccc2c(c1)C(=O)N(C)[C@@H]1CC[C@H](CC(=O)NC3CCCCC3)O[C@@H]1CO2. The van der Waals surface area contributed by atoms with Crippen LogP contribution in [0.4, 0.5) is 5.69 Å². The number of benzene rings is 1. The molecule has 1 saturated heterocycles. The van der Waals surface area contributed by atoms with Crippen molar-refractivity contribution in [1.82, 2.24) is 10.2 Å². The van der Waals surface area contributed by atoms with Crippen molar-refractivity contribution in [2.75, 3.05) is 19.0 Å². The summed E-state index contributed by atoms with van der Waals surface area (Å²) in [5, 5.41) is 5.87. The summed E-state index contributed by atoms with van der Waals surface area (Å²) >= 11 is 0. The summed E-state index contributed by atoms with van der Waals surface area (Å²) in [4.78, 5) is 38.8. The van der Waals surface area contributed by atoms with Crippen molar-refractivity contribution in [3.8, 4) is 5.75 Å². The molecule has 2 heterocycles. The first-order valence-electron chi connectivity index (χ1n) is 11.7. The Bertz CT molecular complexity index is 867. The average Bonchev–Trinajstić information content (AvgIpc) is 2.77. The number of nitrogens with zero attached hydrogens (tertiary/aromatic N) is 1. The van der Waals surface area contributed by atoms with Gasteiger partial charge >= 0.3 is 0 Å². The predicted octanol–water partition coefficient (Wildman–Crippen LogP) is 2.86. The molecular weight excluding hydrogens is 410 g/mol. The van der Waals surface area contributed by atoms with Crippen LogP contribution in [0.1, 0.15) is 68.6 Å². The van der Waals surface area contributed by atoms with Crippen LogP contribution in [-0.2, 0) is 14.3 Å². The van der Waals surface area contributed by atoms with E-state index in [4.69, 9.17) is 9.47 Å². The molecule has 1 aliphatic carbocycles. The molecule has 1 aromatic carbocycles. The zero-order valence-electron chi connectivity index (χ0n) is 18.9. The third-order valence-electron chi connectivity index (χ3n) is 6.72. The number of hydrogen-bond acceptors (Lipinski definition) is 5. The maximum absolute atomic E-state index is 13.2. The van der Waals surface area contributed by atoms with Crippen LogP contribution in [-0.4, -0.2) is 60.6 Å². The Kier molecular flexibility index (Phi) is 6.98. The molecule has 2 N–H and O–H groups in total. The molecule has 0 spiro atoms. The minimum Gasteiger partial charge on any atom is -0.490 e. The molecule has 4 rings (SSSR count). The lowest BCUT2D eigenvalue weighted by Gasteiger charge is -2.42. The molecular formula is C24H33N3O5. The summed E-state index contributed by atoms with van der Waals surface area (Å²) in [6.45, 7) is 1.73. The number of nitrogens with one attached hydrogen (secondary N) is 2. The van der Waals surface area contributed by atoms with E-state index in [2.05, 4.69) is 10.6 Å². The minimum absolute atomic E-state index is 0.0485. The number of carbonyl (C=O) groups is 3. The normalized spacial score (nSPS) is 26.1. The van der Waals surface area contributed by atoms with Crippen LogP contribution >= 0.6 is 0 Å². The molecule has 8 heteroatoms. The number of likely N-dealkylation sites (N-methyl/N-ethyl adjacent to an activating group) is 1. The summed E-state index contributed by atoms with van der Waals surface area (Å²) in [6.07, 6.45) is 7.08. The Morgan fingerprint density at radius 1 is 1.12 bits per heavy atom. The zero-order chi connectivity index (χ0) is 22.7. The van der Waals surface area contributed by atoms with Crippen molar-refractivity contribution in [3.05, 3.63) is 23.8 Å². The van der Waals surface area contributed by atoms with E-state index in [1.165, 1.54) is 26.2 Å². The molecule has 174 valence electrons. The van der Waals surface area contributed by atoms with Crippen molar-refractivity contribution in [2.45, 2.75) is 82.6 Å². The molecule has 2 aliphatic heterocycles. The number of anilines is 1. The van der Waals surface area contributed by atoms with E-state index in [1.54, 1.807) is 30.1 Å². The quantitative estimate of drug-likeness (QED) is 0.746. The lowest BCUT2D eigenvalue weighted by atomic mass is 9.93. The highest BCUT2D eigenvalue weighted by atomic mass is 16.5. The van der Waals surface area contributed by atoms with Gasteiger partial charge in [0.15, 0.2) is 0 Å². The van der Waals surface area contributed by atoms with Crippen LogP contribution in [0, 0.1) is 0 Å². The summed E-state index contributed by atoms with van der Waals surface area (Å²) in [7, 11) is 1.78.